The van der Waals surface area contributed by atoms with E-state index in [2.05, 4.69) is 40.3 Å². The van der Waals surface area contributed by atoms with Gasteiger partial charge in [0.15, 0.2) is 5.11 Å². The van der Waals surface area contributed by atoms with Crippen molar-refractivity contribution in [3.8, 4) is 0 Å². The van der Waals surface area contributed by atoms with Gasteiger partial charge in [-0.2, -0.15) is 9.97 Å². The Bertz CT molecular complexity index is 913. The van der Waals surface area contributed by atoms with Crippen LogP contribution in [0.3, 0.4) is 0 Å². The second-order valence-electron chi connectivity index (χ2n) is 9.91. The fraction of sp³-hybridized carbons (Fsp3) is 0.577. The smallest absolute Gasteiger partial charge is 0.232 e. The standard InChI is InChI=1S/C26H37FN6S/c1-19-6-4-14-32(17-19)23-16-24(33-15-5-7-20(2)18-33)30-25(29-23)31-26(34)28-13-3-8-21-9-11-22(27)12-10-21/h9-12,16,19-20H,3-8,13-15,17-18H2,1-2H3,(H2,28,29,30,31,34)/t19-,20-/m1/s1. The molecule has 1 aromatic carbocycles. The van der Waals surface area contributed by atoms with E-state index in [1.807, 2.05) is 12.1 Å². The topological polar surface area (TPSA) is 56.3 Å². The number of halogens is 1. The van der Waals surface area contributed by atoms with Crippen LogP contribution in [0.15, 0.2) is 30.3 Å². The Morgan fingerprint density at radius 2 is 1.59 bits per heavy atom. The number of piperidine rings is 2. The highest BCUT2D eigenvalue weighted by atomic mass is 32.1. The van der Waals surface area contributed by atoms with E-state index >= 15 is 0 Å². The van der Waals surface area contributed by atoms with Gasteiger partial charge in [-0.3, -0.25) is 0 Å². The molecule has 2 aromatic rings. The summed E-state index contributed by atoms with van der Waals surface area (Å²) in [6.07, 6.45) is 6.70. The molecule has 0 bridgehead atoms. The largest absolute Gasteiger partial charge is 0.362 e. The van der Waals surface area contributed by atoms with Crippen LogP contribution in [-0.2, 0) is 6.42 Å². The van der Waals surface area contributed by atoms with E-state index < -0.39 is 0 Å². The fourth-order valence-corrected chi connectivity index (χ4v) is 5.08. The van der Waals surface area contributed by atoms with Crippen molar-refractivity contribution < 1.29 is 4.39 Å². The predicted octanol–water partition coefficient (Wildman–Crippen LogP) is 5.01. The second kappa shape index (κ2) is 11.8. The summed E-state index contributed by atoms with van der Waals surface area (Å²) in [4.78, 5) is 14.5. The Labute approximate surface area is 208 Å². The zero-order valence-corrected chi connectivity index (χ0v) is 21.2. The molecule has 0 saturated carbocycles. The lowest BCUT2D eigenvalue weighted by atomic mass is 10.00. The van der Waals surface area contributed by atoms with Gasteiger partial charge in [0.1, 0.15) is 17.5 Å². The molecule has 0 amide bonds. The van der Waals surface area contributed by atoms with Gasteiger partial charge in [-0.05, 0) is 80.3 Å². The SMILES string of the molecule is C[C@@H]1CCCN(c2cc(N3CCC[C@@H](C)C3)nc(NC(=S)NCCCc3ccc(F)cc3)n2)C1. The molecule has 2 aliphatic rings. The van der Waals surface area contributed by atoms with Gasteiger partial charge in [0, 0.05) is 38.8 Å². The summed E-state index contributed by atoms with van der Waals surface area (Å²) >= 11 is 5.54. The van der Waals surface area contributed by atoms with Crippen molar-refractivity contribution >= 4 is 34.9 Å². The molecular formula is C26H37FN6S. The van der Waals surface area contributed by atoms with Crippen LogP contribution in [0.2, 0.25) is 0 Å². The lowest BCUT2D eigenvalue weighted by Gasteiger charge is -2.35. The van der Waals surface area contributed by atoms with Crippen molar-refractivity contribution in [1.82, 2.24) is 15.3 Å². The number of aryl methyl sites for hydroxylation is 1. The van der Waals surface area contributed by atoms with E-state index in [-0.39, 0.29) is 5.82 Å². The average Bonchev–Trinajstić information content (AvgIpc) is 2.83. The maximum Gasteiger partial charge on any atom is 0.232 e. The van der Waals surface area contributed by atoms with Gasteiger partial charge in [-0.15, -0.1) is 0 Å². The first kappa shape index (κ1) is 24.6. The first-order chi connectivity index (χ1) is 16.5. The van der Waals surface area contributed by atoms with Crippen LogP contribution in [0, 0.1) is 17.7 Å². The van der Waals surface area contributed by atoms with Gasteiger partial charge < -0.3 is 20.4 Å². The van der Waals surface area contributed by atoms with Gasteiger partial charge in [0.25, 0.3) is 0 Å². The summed E-state index contributed by atoms with van der Waals surface area (Å²) in [5.41, 5.74) is 1.12. The predicted molar refractivity (Wildman–Crippen MR) is 142 cm³/mol. The highest BCUT2D eigenvalue weighted by Crippen LogP contribution is 2.28. The molecule has 0 spiro atoms. The number of benzene rings is 1. The van der Waals surface area contributed by atoms with Gasteiger partial charge in [0.05, 0.1) is 0 Å². The molecule has 2 atom stereocenters. The summed E-state index contributed by atoms with van der Waals surface area (Å²) in [5, 5.41) is 7.02. The highest BCUT2D eigenvalue weighted by molar-refractivity contribution is 7.80. The second-order valence-corrected chi connectivity index (χ2v) is 10.3. The average molecular weight is 485 g/mol. The number of nitrogens with one attached hydrogen (secondary N) is 2. The van der Waals surface area contributed by atoms with E-state index in [1.165, 1.54) is 37.8 Å². The van der Waals surface area contributed by atoms with Gasteiger partial charge in [-0.1, -0.05) is 26.0 Å². The van der Waals surface area contributed by atoms with Crippen LogP contribution in [-0.4, -0.2) is 47.8 Å². The van der Waals surface area contributed by atoms with Crippen molar-refractivity contribution in [3.63, 3.8) is 0 Å². The van der Waals surface area contributed by atoms with Crippen molar-refractivity contribution in [3.05, 3.63) is 41.7 Å². The molecule has 2 saturated heterocycles. The normalized spacial score (nSPS) is 20.8. The molecule has 1 aromatic heterocycles. The number of nitrogens with zero attached hydrogens (tertiary/aromatic N) is 4. The highest BCUT2D eigenvalue weighted by Gasteiger charge is 2.23. The van der Waals surface area contributed by atoms with Crippen LogP contribution in [0.5, 0.6) is 0 Å². The summed E-state index contributed by atoms with van der Waals surface area (Å²) in [6.45, 7) is 9.46. The molecule has 8 heteroatoms. The molecule has 184 valence electrons. The van der Waals surface area contributed by atoms with Gasteiger partial charge in [-0.25, -0.2) is 4.39 Å². The Morgan fingerprint density at radius 3 is 2.15 bits per heavy atom. The number of hydrogen-bond acceptors (Lipinski definition) is 5. The lowest BCUT2D eigenvalue weighted by Crippen LogP contribution is -2.37. The summed E-state index contributed by atoms with van der Waals surface area (Å²) < 4.78 is 13.1. The molecule has 0 radical (unpaired) electrons. The molecule has 2 aliphatic heterocycles. The number of thiocarbonyl (C=S) groups is 1. The minimum Gasteiger partial charge on any atom is -0.362 e. The van der Waals surface area contributed by atoms with Crippen LogP contribution < -0.4 is 20.4 Å². The maximum atomic E-state index is 13.1. The number of hydrogen-bond donors (Lipinski definition) is 2. The van der Waals surface area contributed by atoms with E-state index in [1.54, 1.807) is 0 Å². The molecular weight excluding hydrogens is 447 g/mol. The minimum atomic E-state index is -0.202. The van der Waals surface area contributed by atoms with E-state index in [4.69, 9.17) is 22.2 Å². The van der Waals surface area contributed by atoms with Crippen LogP contribution >= 0.6 is 12.2 Å². The monoisotopic (exact) mass is 484 g/mol. The Hall–Kier alpha value is -2.48. The first-order valence-electron chi connectivity index (χ1n) is 12.6. The first-order valence-corrected chi connectivity index (χ1v) is 13.1. The molecule has 0 unspecified atom stereocenters. The van der Waals surface area contributed by atoms with Gasteiger partial charge >= 0.3 is 0 Å². The van der Waals surface area contributed by atoms with E-state index in [0.29, 0.717) is 22.9 Å². The third kappa shape index (κ3) is 7.01. The van der Waals surface area contributed by atoms with Crippen molar-refractivity contribution in [1.29, 1.82) is 0 Å². The van der Waals surface area contributed by atoms with Crippen molar-refractivity contribution in [2.24, 2.45) is 11.8 Å². The van der Waals surface area contributed by atoms with Crippen LogP contribution in [0.1, 0.15) is 51.5 Å². The number of rotatable bonds is 7. The molecule has 4 rings (SSSR count). The zero-order chi connectivity index (χ0) is 23.9. The Balaban J connectivity index is 1.39. The summed E-state index contributed by atoms with van der Waals surface area (Å²) in [7, 11) is 0. The van der Waals surface area contributed by atoms with Crippen molar-refractivity contribution in [2.45, 2.75) is 52.4 Å². The Kier molecular flexibility index (Phi) is 8.53. The van der Waals surface area contributed by atoms with Crippen molar-refractivity contribution in [2.75, 3.05) is 47.8 Å². The molecule has 0 aliphatic carbocycles. The summed E-state index contributed by atoms with van der Waals surface area (Å²) in [6, 6.07) is 8.82. The molecule has 2 fully saturated rings. The Morgan fingerprint density at radius 1 is 1.00 bits per heavy atom. The quantitative estimate of drug-likeness (QED) is 0.423. The fourth-order valence-electron chi connectivity index (χ4n) is 4.89. The van der Waals surface area contributed by atoms with Crippen LogP contribution in [0.4, 0.5) is 22.0 Å². The lowest BCUT2D eigenvalue weighted by molar-refractivity contribution is 0.441. The molecule has 34 heavy (non-hydrogen) atoms. The van der Waals surface area contributed by atoms with Crippen LogP contribution in [0.25, 0.3) is 0 Å². The molecule has 3 heterocycles. The summed E-state index contributed by atoms with van der Waals surface area (Å²) in [5.74, 6) is 3.66. The number of aromatic nitrogens is 2. The van der Waals surface area contributed by atoms with E-state index in [9.17, 15) is 4.39 Å². The molecule has 2 N–H and O–H groups in total. The van der Waals surface area contributed by atoms with Gasteiger partial charge in [0.2, 0.25) is 5.95 Å². The van der Waals surface area contributed by atoms with E-state index in [0.717, 1.165) is 62.8 Å². The third-order valence-corrected chi connectivity index (χ3v) is 6.97. The minimum absolute atomic E-state index is 0.202. The number of anilines is 3. The molecule has 6 nitrogen and oxygen atoms in total. The third-order valence-electron chi connectivity index (χ3n) is 6.73. The zero-order valence-electron chi connectivity index (χ0n) is 20.4. The maximum absolute atomic E-state index is 13.1.